The average Bonchev–Trinajstić information content (AvgIpc) is 3.06. The number of H-pyrrole nitrogens is 1. The molecule has 0 bridgehead atoms. The predicted octanol–water partition coefficient (Wildman–Crippen LogP) is 3.77. The van der Waals surface area contributed by atoms with Gasteiger partial charge in [-0.3, -0.25) is 4.98 Å². The standard InChI is InChI=1S/C18H15N5O/c1-24-18-5-4-14(11-21-18)22-17-8-16-13(10-20-17)7-15(23-16)12-3-2-6-19-9-12/h2-11,23H,1H3,(H,20,22). The van der Waals surface area contributed by atoms with Gasteiger partial charge in [0.15, 0.2) is 0 Å². The summed E-state index contributed by atoms with van der Waals surface area (Å²) in [6.45, 7) is 0. The molecule has 0 unspecified atom stereocenters. The molecule has 118 valence electrons. The SMILES string of the molecule is COc1ccc(Nc2cc3[nH]c(-c4cccnc4)cc3cn2)cn1. The number of hydrogen-bond donors (Lipinski definition) is 2. The van der Waals surface area contributed by atoms with E-state index >= 15 is 0 Å². The van der Waals surface area contributed by atoms with E-state index in [0.29, 0.717) is 5.88 Å². The van der Waals surface area contributed by atoms with Crippen molar-refractivity contribution in [2.75, 3.05) is 12.4 Å². The number of pyridine rings is 3. The lowest BCUT2D eigenvalue weighted by Gasteiger charge is -2.05. The Hall–Kier alpha value is -3.41. The third kappa shape index (κ3) is 2.77. The van der Waals surface area contributed by atoms with Crippen molar-refractivity contribution in [3.8, 4) is 17.1 Å². The molecule has 4 heterocycles. The summed E-state index contributed by atoms with van der Waals surface area (Å²) in [5, 5.41) is 4.28. The number of fused-ring (bicyclic) bond motifs is 1. The van der Waals surface area contributed by atoms with Crippen LogP contribution in [0.15, 0.2) is 61.2 Å². The van der Waals surface area contributed by atoms with Crippen LogP contribution in [0, 0.1) is 0 Å². The maximum absolute atomic E-state index is 5.06. The van der Waals surface area contributed by atoms with Crippen molar-refractivity contribution >= 4 is 22.4 Å². The number of aromatic amines is 1. The minimum atomic E-state index is 0.578. The van der Waals surface area contributed by atoms with Gasteiger partial charge in [0.1, 0.15) is 5.82 Å². The molecule has 4 aromatic rings. The molecular formula is C18H15N5O. The van der Waals surface area contributed by atoms with Gasteiger partial charge in [0.05, 0.1) is 24.5 Å². The fourth-order valence-corrected chi connectivity index (χ4v) is 2.49. The number of aromatic nitrogens is 4. The second kappa shape index (κ2) is 6.00. The Labute approximate surface area is 138 Å². The monoisotopic (exact) mass is 317 g/mol. The number of anilines is 2. The summed E-state index contributed by atoms with van der Waals surface area (Å²) in [7, 11) is 1.59. The Kier molecular flexibility index (Phi) is 3.55. The van der Waals surface area contributed by atoms with Gasteiger partial charge in [-0.05, 0) is 24.3 Å². The molecule has 4 aromatic heterocycles. The van der Waals surface area contributed by atoms with Crippen molar-refractivity contribution < 1.29 is 4.74 Å². The molecule has 0 amide bonds. The number of nitrogens with one attached hydrogen (secondary N) is 2. The highest BCUT2D eigenvalue weighted by atomic mass is 16.5. The minimum Gasteiger partial charge on any atom is -0.481 e. The van der Waals surface area contributed by atoms with Crippen molar-refractivity contribution in [3.05, 3.63) is 61.2 Å². The average molecular weight is 317 g/mol. The van der Waals surface area contributed by atoms with Crippen LogP contribution in [-0.4, -0.2) is 27.0 Å². The molecule has 0 fully saturated rings. The first-order valence-electron chi connectivity index (χ1n) is 7.48. The molecule has 0 spiro atoms. The highest BCUT2D eigenvalue weighted by Crippen LogP contribution is 2.25. The van der Waals surface area contributed by atoms with E-state index in [-0.39, 0.29) is 0 Å². The second-order valence-corrected chi connectivity index (χ2v) is 5.30. The molecule has 6 nitrogen and oxygen atoms in total. The summed E-state index contributed by atoms with van der Waals surface area (Å²) >= 11 is 0. The Morgan fingerprint density at radius 3 is 2.75 bits per heavy atom. The van der Waals surface area contributed by atoms with Gasteiger partial charge in [0.2, 0.25) is 5.88 Å². The van der Waals surface area contributed by atoms with Crippen LogP contribution >= 0.6 is 0 Å². The van der Waals surface area contributed by atoms with Gasteiger partial charge < -0.3 is 15.0 Å². The van der Waals surface area contributed by atoms with E-state index in [0.717, 1.165) is 33.7 Å². The Morgan fingerprint density at radius 1 is 1.04 bits per heavy atom. The molecule has 4 rings (SSSR count). The third-order valence-electron chi connectivity index (χ3n) is 3.69. The summed E-state index contributed by atoms with van der Waals surface area (Å²) < 4.78 is 5.06. The molecule has 0 aliphatic rings. The zero-order valence-electron chi connectivity index (χ0n) is 13.0. The molecule has 0 atom stereocenters. The molecule has 0 radical (unpaired) electrons. The maximum Gasteiger partial charge on any atom is 0.213 e. The molecule has 2 N–H and O–H groups in total. The molecular weight excluding hydrogens is 302 g/mol. The highest BCUT2D eigenvalue weighted by molar-refractivity contribution is 5.87. The van der Waals surface area contributed by atoms with Crippen LogP contribution in [0.2, 0.25) is 0 Å². The summed E-state index contributed by atoms with van der Waals surface area (Å²) in [5.41, 5.74) is 3.92. The van der Waals surface area contributed by atoms with Gasteiger partial charge in [-0.15, -0.1) is 0 Å². The number of methoxy groups -OCH3 is 1. The zero-order valence-corrected chi connectivity index (χ0v) is 13.0. The van der Waals surface area contributed by atoms with E-state index < -0.39 is 0 Å². The van der Waals surface area contributed by atoms with Crippen LogP contribution in [0.1, 0.15) is 0 Å². The van der Waals surface area contributed by atoms with Crippen LogP contribution in [0.4, 0.5) is 11.5 Å². The van der Waals surface area contributed by atoms with Gasteiger partial charge in [-0.25, -0.2) is 9.97 Å². The maximum atomic E-state index is 5.06. The topological polar surface area (TPSA) is 75.7 Å². The van der Waals surface area contributed by atoms with Crippen molar-refractivity contribution in [3.63, 3.8) is 0 Å². The molecule has 0 saturated carbocycles. The van der Waals surface area contributed by atoms with Gasteiger partial charge in [0.25, 0.3) is 0 Å². The Bertz CT molecular complexity index is 964. The largest absolute Gasteiger partial charge is 0.481 e. The van der Waals surface area contributed by atoms with E-state index in [1.54, 1.807) is 25.6 Å². The molecule has 0 saturated heterocycles. The number of ether oxygens (including phenoxy) is 1. The van der Waals surface area contributed by atoms with Crippen molar-refractivity contribution in [2.45, 2.75) is 0 Å². The third-order valence-corrected chi connectivity index (χ3v) is 3.69. The van der Waals surface area contributed by atoms with Crippen LogP contribution < -0.4 is 10.1 Å². The summed E-state index contributed by atoms with van der Waals surface area (Å²) in [6, 6.07) is 11.7. The first-order chi connectivity index (χ1) is 11.8. The zero-order chi connectivity index (χ0) is 16.4. The van der Waals surface area contributed by atoms with Crippen LogP contribution in [-0.2, 0) is 0 Å². The van der Waals surface area contributed by atoms with E-state index in [9.17, 15) is 0 Å². The molecule has 0 aliphatic heterocycles. The van der Waals surface area contributed by atoms with E-state index in [1.807, 2.05) is 36.7 Å². The fourth-order valence-electron chi connectivity index (χ4n) is 2.49. The second-order valence-electron chi connectivity index (χ2n) is 5.30. The fraction of sp³-hybridized carbons (Fsp3) is 0.0556. The number of hydrogen-bond acceptors (Lipinski definition) is 5. The van der Waals surface area contributed by atoms with Gasteiger partial charge >= 0.3 is 0 Å². The van der Waals surface area contributed by atoms with Gasteiger partial charge in [-0.2, -0.15) is 0 Å². The first kappa shape index (κ1) is 14.2. The van der Waals surface area contributed by atoms with Crippen molar-refractivity contribution in [2.24, 2.45) is 0 Å². The minimum absolute atomic E-state index is 0.578. The lowest BCUT2D eigenvalue weighted by Crippen LogP contribution is -1.94. The molecule has 6 heteroatoms. The lowest BCUT2D eigenvalue weighted by molar-refractivity contribution is 0.398. The Morgan fingerprint density at radius 2 is 2.00 bits per heavy atom. The van der Waals surface area contributed by atoms with E-state index in [2.05, 4.69) is 31.3 Å². The summed E-state index contributed by atoms with van der Waals surface area (Å²) in [4.78, 5) is 16.2. The van der Waals surface area contributed by atoms with Gasteiger partial charge in [0, 0.05) is 47.4 Å². The number of rotatable bonds is 4. The van der Waals surface area contributed by atoms with Gasteiger partial charge in [-0.1, -0.05) is 0 Å². The quantitative estimate of drug-likeness (QED) is 0.599. The van der Waals surface area contributed by atoms with Crippen molar-refractivity contribution in [1.29, 1.82) is 0 Å². The number of nitrogens with zero attached hydrogens (tertiary/aromatic N) is 3. The molecule has 0 aliphatic carbocycles. The van der Waals surface area contributed by atoms with Crippen molar-refractivity contribution in [1.82, 2.24) is 19.9 Å². The highest BCUT2D eigenvalue weighted by Gasteiger charge is 2.05. The van der Waals surface area contributed by atoms with E-state index in [1.165, 1.54) is 0 Å². The van der Waals surface area contributed by atoms with Crippen LogP contribution in [0.3, 0.4) is 0 Å². The molecule has 24 heavy (non-hydrogen) atoms. The van der Waals surface area contributed by atoms with Crippen LogP contribution in [0.25, 0.3) is 22.2 Å². The normalized spacial score (nSPS) is 10.7. The first-order valence-corrected chi connectivity index (χ1v) is 7.48. The lowest BCUT2D eigenvalue weighted by atomic mass is 10.2. The van der Waals surface area contributed by atoms with Crippen LogP contribution in [0.5, 0.6) is 5.88 Å². The molecule has 0 aromatic carbocycles. The Balaban J connectivity index is 1.63. The smallest absolute Gasteiger partial charge is 0.213 e. The summed E-state index contributed by atoms with van der Waals surface area (Å²) in [5.74, 6) is 1.32. The van der Waals surface area contributed by atoms with E-state index in [4.69, 9.17) is 4.74 Å². The summed E-state index contributed by atoms with van der Waals surface area (Å²) in [6.07, 6.45) is 7.14. The predicted molar refractivity (Wildman–Crippen MR) is 93.4 cm³/mol.